The molecule has 2 rings (SSSR count). The van der Waals surface area contributed by atoms with Crippen LogP contribution in [0.4, 0.5) is 0 Å². The van der Waals surface area contributed by atoms with E-state index in [1.807, 2.05) is 12.3 Å². The van der Waals surface area contributed by atoms with Gasteiger partial charge in [-0.25, -0.2) is 0 Å². The van der Waals surface area contributed by atoms with Crippen molar-refractivity contribution in [2.24, 2.45) is 0 Å². The van der Waals surface area contributed by atoms with Gasteiger partial charge in [-0.15, -0.1) is 0 Å². The lowest BCUT2D eigenvalue weighted by atomic mass is 10.1. The number of hydrogen-bond donors (Lipinski definition) is 0. The maximum Gasteiger partial charge on any atom is 0.0475 e. The van der Waals surface area contributed by atoms with Gasteiger partial charge >= 0.3 is 0 Å². The van der Waals surface area contributed by atoms with Crippen LogP contribution in [0.15, 0.2) is 23.9 Å². The molecule has 1 heterocycles. The fourth-order valence-corrected chi connectivity index (χ4v) is 1.66. The molecule has 0 unspecified atom stereocenters. The largest absolute Gasteiger partial charge is 0.261 e. The lowest BCUT2D eigenvalue weighted by molar-refractivity contribution is 0.804. The molecule has 0 spiro atoms. The summed E-state index contributed by atoms with van der Waals surface area (Å²) in [4.78, 5) is 4.37. The van der Waals surface area contributed by atoms with Crippen LogP contribution in [0.3, 0.4) is 0 Å². The first-order valence-electron chi connectivity index (χ1n) is 4.47. The molecule has 1 nitrogen and oxygen atoms in total. The Morgan fingerprint density at radius 1 is 1.33 bits per heavy atom. The monoisotopic (exact) mass is 159 g/mol. The van der Waals surface area contributed by atoms with E-state index in [1.165, 1.54) is 29.7 Å². The minimum Gasteiger partial charge on any atom is -0.261 e. The summed E-state index contributed by atoms with van der Waals surface area (Å²) in [6.45, 7) is 2.20. The molecule has 0 atom stereocenters. The molecule has 0 radical (unpaired) electrons. The van der Waals surface area contributed by atoms with E-state index >= 15 is 0 Å². The lowest BCUT2D eigenvalue weighted by Crippen LogP contribution is -1.90. The molecule has 1 aliphatic carbocycles. The van der Waals surface area contributed by atoms with Crippen LogP contribution in [0.25, 0.3) is 6.08 Å². The van der Waals surface area contributed by atoms with Crippen LogP contribution in [0.1, 0.15) is 31.0 Å². The van der Waals surface area contributed by atoms with Gasteiger partial charge < -0.3 is 0 Å². The Morgan fingerprint density at radius 2 is 2.25 bits per heavy atom. The Hall–Kier alpha value is -1.11. The molecule has 0 bridgehead atoms. The third-order valence-corrected chi connectivity index (χ3v) is 2.31. The number of rotatable bonds is 0. The number of fused-ring (bicyclic) bond motifs is 1. The maximum atomic E-state index is 4.37. The summed E-state index contributed by atoms with van der Waals surface area (Å²) in [5.41, 5.74) is 4.05. The number of allylic oxidation sites excluding steroid dienone is 1. The Balaban J connectivity index is 2.47. The first-order valence-corrected chi connectivity index (χ1v) is 4.47. The summed E-state index contributed by atoms with van der Waals surface area (Å²) in [6.07, 6.45) is 7.73. The number of hydrogen-bond acceptors (Lipinski definition) is 1. The number of nitrogens with zero attached hydrogens (tertiary/aromatic N) is 1. The van der Waals surface area contributed by atoms with Gasteiger partial charge in [0, 0.05) is 11.9 Å². The standard InChI is InChI=1S/C11H13N/c1-9-4-2-6-11-10(8-9)5-3-7-12-11/h3,5,7-8H,2,4,6H2,1H3. The molecular weight excluding hydrogens is 146 g/mol. The molecule has 0 saturated heterocycles. The summed E-state index contributed by atoms with van der Waals surface area (Å²) in [7, 11) is 0. The molecular formula is C11H13N. The Labute approximate surface area is 73.1 Å². The Morgan fingerprint density at radius 3 is 3.17 bits per heavy atom. The molecule has 1 aromatic rings. The third-order valence-electron chi connectivity index (χ3n) is 2.31. The third kappa shape index (κ3) is 1.40. The van der Waals surface area contributed by atoms with Gasteiger partial charge in [-0.1, -0.05) is 17.7 Å². The van der Waals surface area contributed by atoms with Crippen LogP contribution in [-0.2, 0) is 6.42 Å². The molecule has 0 amide bonds. The van der Waals surface area contributed by atoms with Gasteiger partial charge in [-0.3, -0.25) is 4.98 Å². The van der Waals surface area contributed by atoms with Crippen molar-refractivity contribution in [2.75, 3.05) is 0 Å². The van der Waals surface area contributed by atoms with E-state index in [4.69, 9.17) is 0 Å². The van der Waals surface area contributed by atoms with E-state index in [-0.39, 0.29) is 0 Å². The highest BCUT2D eigenvalue weighted by Gasteiger charge is 2.05. The SMILES string of the molecule is CC1=Cc2cccnc2CCC1. The zero-order chi connectivity index (χ0) is 8.39. The first-order chi connectivity index (χ1) is 5.86. The van der Waals surface area contributed by atoms with Crippen molar-refractivity contribution >= 4 is 6.08 Å². The van der Waals surface area contributed by atoms with Crippen LogP contribution >= 0.6 is 0 Å². The summed E-state index contributed by atoms with van der Waals surface area (Å²) in [5, 5.41) is 0. The van der Waals surface area contributed by atoms with Crippen molar-refractivity contribution < 1.29 is 0 Å². The highest BCUT2D eigenvalue weighted by atomic mass is 14.7. The predicted molar refractivity (Wildman–Crippen MR) is 50.8 cm³/mol. The number of aromatic nitrogens is 1. The van der Waals surface area contributed by atoms with Crippen molar-refractivity contribution in [3.63, 3.8) is 0 Å². The van der Waals surface area contributed by atoms with Crippen molar-refractivity contribution in [1.29, 1.82) is 0 Å². The molecule has 1 heteroatoms. The van der Waals surface area contributed by atoms with E-state index in [0.717, 1.165) is 6.42 Å². The van der Waals surface area contributed by atoms with E-state index in [1.54, 1.807) is 0 Å². The van der Waals surface area contributed by atoms with Crippen molar-refractivity contribution in [1.82, 2.24) is 4.98 Å². The normalized spacial score (nSPS) is 16.2. The second-order valence-electron chi connectivity index (χ2n) is 3.38. The van der Waals surface area contributed by atoms with Gasteiger partial charge in [0.2, 0.25) is 0 Å². The molecule has 0 N–H and O–H groups in total. The van der Waals surface area contributed by atoms with Gasteiger partial charge in [0.1, 0.15) is 0 Å². The lowest BCUT2D eigenvalue weighted by Gasteiger charge is -1.99. The van der Waals surface area contributed by atoms with E-state index < -0.39 is 0 Å². The van der Waals surface area contributed by atoms with Gasteiger partial charge in [-0.2, -0.15) is 0 Å². The highest BCUT2D eigenvalue weighted by molar-refractivity contribution is 5.55. The average Bonchev–Trinajstić information content (AvgIpc) is 2.25. The molecule has 12 heavy (non-hydrogen) atoms. The van der Waals surface area contributed by atoms with E-state index in [9.17, 15) is 0 Å². The van der Waals surface area contributed by atoms with Crippen LogP contribution in [0.5, 0.6) is 0 Å². The van der Waals surface area contributed by atoms with Gasteiger partial charge in [0.05, 0.1) is 0 Å². The first kappa shape index (κ1) is 7.53. The Kier molecular flexibility index (Phi) is 1.94. The fourth-order valence-electron chi connectivity index (χ4n) is 1.66. The van der Waals surface area contributed by atoms with Crippen LogP contribution in [-0.4, -0.2) is 4.98 Å². The molecule has 0 saturated carbocycles. The molecule has 1 aromatic heterocycles. The van der Waals surface area contributed by atoms with E-state index in [0.29, 0.717) is 0 Å². The van der Waals surface area contributed by atoms with Crippen LogP contribution in [0.2, 0.25) is 0 Å². The minimum atomic E-state index is 1.13. The summed E-state index contributed by atoms with van der Waals surface area (Å²) in [5.74, 6) is 0. The highest BCUT2D eigenvalue weighted by Crippen LogP contribution is 2.20. The quantitative estimate of drug-likeness (QED) is 0.567. The van der Waals surface area contributed by atoms with Crippen molar-refractivity contribution in [2.45, 2.75) is 26.2 Å². The second-order valence-corrected chi connectivity index (χ2v) is 3.38. The summed E-state index contributed by atoms with van der Waals surface area (Å²) in [6, 6.07) is 4.16. The van der Waals surface area contributed by atoms with Crippen molar-refractivity contribution in [3.05, 3.63) is 35.2 Å². The van der Waals surface area contributed by atoms with Gasteiger partial charge in [0.25, 0.3) is 0 Å². The molecule has 0 aliphatic heterocycles. The minimum absolute atomic E-state index is 1.13. The fraction of sp³-hybridized carbons (Fsp3) is 0.364. The average molecular weight is 159 g/mol. The van der Waals surface area contributed by atoms with Crippen molar-refractivity contribution in [3.8, 4) is 0 Å². The molecule has 0 aromatic carbocycles. The number of pyridine rings is 1. The molecule has 0 fully saturated rings. The zero-order valence-electron chi connectivity index (χ0n) is 7.38. The van der Waals surface area contributed by atoms with Crippen LogP contribution in [0, 0.1) is 0 Å². The topological polar surface area (TPSA) is 12.9 Å². The zero-order valence-corrected chi connectivity index (χ0v) is 7.38. The number of aryl methyl sites for hydroxylation is 1. The predicted octanol–water partition coefficient (Wildman–Crippen LogP) is 2.82. The Bertz CT molecular complexity index is 313. The van der Waals surface area contributed by atoms with E-state index in [2.05, 4.69) is 24.1 Å². The molecule has 62 valence electrons. The second kappa shape index (κ2) is 3.10. The van der Waals surface area contributed by atoms with Crippen LogP contribution < -0.4 is 0 Å². The smallest absolute Gasteiger partial charge is 0.0475 e. The maximum absolute atomic E-state index is 4.37. The summed E-state index contributed by atoms with van der Waals surface area (Å²) >= 11 is 0. The van der Waals surface area contributed by atoms with Gasteiger partial charge in [0.15, 0.2) is 0 Å². The van der Waals surface area contributed by atoms with Gasteiger partial charge in [-0.05, 0) is 37.8 Å². The summed E-state index contributed by atoms with van der Waals surface area (Å²) < 4.78 is 0. The molecule has 1 aliphatic rings.